The summed E-state index contributed by atoms with van der Waals surface area (Å²) < 4.78 is 19.2. The fraction of sp³-hybridized carbons (Fsp3) is 0.682. The van der Waals surface area contributed by atoms with Gasteiger partial charge in [0.1, 0.15) is 5.82 Å². The van der Waals surface area contributed by atoms with Gasteiger partial charge in [-0.05, 0) is 51.3 Å². The van der Waals surface area contributed by atoms with Crippen molar-refractivity contribution in [3.05, 3.63) is 30.1 Å². The van der Waals surface area contributed by atoms with E-state index in [4.69, 9.17) is 4.74 Å². The van der Waals surface area contributed by atoms with Crippen LogP contribution in [0.25, 0.3) is 0 Å². The molecule has 0 aliphatic carbocycles. The van der Waals surface area contributed by atoms with E-state index < -0.39 is 0 Å². The van der Waals surface area contributed by atoms with Crippen molar-refractivity contribution >= 4 is 11.6 Å². The van der Waals surface area contributed by atoms with Crippen LogP contribution in [0, 0.1) is 5.82 Å². The molecule has 1 spiro atoms. The number of carbonyl (C=O) groups is 1. The lowest BCUT2D eigenvalue weighted by atomic mass is 9.87. The number of benzene rings is 1. The first-order chi connectivity index (χ1) is 13.4. The van der Waals surface area contributed by atoms with Crippen molar-refractivity contribution in [3.63, 3.8) is 0 Å². The minimum absolute atomic E-state index is 0.110. The summed E-state index contributed by atoms with van der Waals surface area (Å²) >= 11 is 0. The van der Waals surface area contributed by atoms with E-state index in [1.807, 2.05) is 6.07 Å². The molecule has 1 aromatic rings. The second-order valence-electron chi connectivity index (χ2n) is 9.13. The van der Waals surface area contributed by atoms with E-state index in [-0.39, 0.29) is 22.8 Å². The van der Waals surface area contributed by atoms with E-state index in [1.165, 1.54) is 6.07 Å². The average Bonchev–Trinajstić information content (AvgIpc) is 3.20. The number of rotatable bonds is 4. The summed E-state index contributed by atoms with van der Waals surface area (Å²) in [6, 6.07) is 6.84. The Morgan fingerprint density at radius 1 is 1.21 bits per heavy atom. The zero-order valence-electron chi connectivity index (χ0n) is 17.1. The topological polar surface area (TPSA) is 36.0 Å². The summed E-state index contributed by atoms with van der Waals surface area (Å²) in [6.45, 7) is 10.2. The number of anilines is 1. The highest BCUT2D eigenvalue weighted by Crippen LogP contribution is 2.47. The molecule has 3 saturated heterocycles. The molecular weight excluding hydrogens is 357 g/mol. The molecule has 0 aromatic heterocycles. The summed E-state index contributed by atoms with van der Waals surface area (Å²) in [6.07, 6.45) is 3.59. The van der Waals surface area contributed by atoms with Crippen LogP contribution in [-0.4, -0.2) is 72.7 Å². The Kier molecular flexibility index (Phi) is 5.36. The summed E-state index contributed by atoms with van der Waals surface area (Å²) in [7, 11) is 0. The molecular formula is C22H32FN3O2. The van der Waals surface area contributed by atoms with Gasteiger partial charge in [-0.3, -0.25) is 9.69 Å². The molecule has 1 unspecified atom stereocenters. The Hall–Kier alpha value is -1.66. The highest BCUT2D eigenvalue weighted by Gasteiger charge is 2.54. The van der Waals surface area contributed by atoms with Crippen molar-refractivity contribution in [1.29, 1.82) is 0 Å². The van der Waals surface area contributed by atoms with Crippen LogP contribution in [0.2, 0.25) is 0 Å². The molecule has 28 heavy (non-hydrogen) atoms. The van der Waals surface area contributed by atoms with Gasteiger partial charge in [-0.2, -0.15) is 0 Å². The normalized spacial score (nSPS) is 27.7. The lowest BCUT2D eigenvalue weighted by Crippen LogP contribution is -2.50. The second kappa shape index (κ2) is 7.64. The predicted molar refractivity (Wildman–Crippen MR) is 108 cm³/mol. The van der Waals surface area contributed by atoms with E-state index in [0.29, 0.717) is 6.42 Å². The summed E-state index contributed by atoms with van der Waals surface area (Å²) in [5.74, 6) is 0.0556. The minimum atomic E-state index is -0.209. The number of amides is 1. The number of hydrogen-bond acceptors (Lipinski definition) is 4. The van der Waals surface area contributed by atoms with Crippen LogP contribution in [0.5, 0.6) is 0 Å². The molecule has 0 saturated carbocycles. The van der Waals surface area contributed by atoms with Crippen molar-refractivity contribution < 1.29 is 13.9 Å². The van der Waals surface area contributed by atoms with Crippen molar-refractivity contribution in [2.75, 3.05) is 50.8 Å². The molecule has 1 amide bonds. The van der Waals surface area contributed by atoms with Crippen molar-refractivity contribution in [1.82, 2.24) is 9.80 Å². The van der Waals surface area contributed by atoms with Crippen LogP contribution in [0.15, 0.2) is 24.3 Å². The lowest BCUT2D eigenvalue weighted by Gasteiger charge is -2.36. The molecule has 0 radical (unpaired) electrons. The predicted octanol–water partition coefficient (Wildman–Crippen LogP) is 2.90. The molecule has 6 heteroatoms. The third-order valence-electron chi connectivity index (χ3n) is 6.71. The van der Waals surface area contributed by atoms with E-state index in [0.717, 1.165) is 70.9 Å². The Morgan fingerprint density at radius 3 is 2.75 bits per heavy atom. The van der Waals surface area contributed by atoms with Crippen molar-refractivity contribution in [3.8, 4) is 0 Å². The molecule has 3 fully saturated rings. The third-order valence-corrected chi connectivity index (χ3v) is 6.71. The highest BCUT2D eigenvalue weighted by atomic mass is 19.1. The number of likely N-dealkylation sites (tertiary alicyclic amines) is 1. The molecule has 154 valence electrons. The second-order valence-corrected chi connectivity index (χ2v) is 9.13. The number of halogens is 1. The van der Waals surface area contributed by atoms with E-state index in [9.17, 15) is 9.18 Å². The van der Waals surface area contributed by atoms with Gasteiger partial charge in [-0.15, -0.1) is 0 Å². The maximum Gasteiger partial charge on any atom is 0.224 e. The van der Waals surface area contributed by atoms with Crippen molar-refractivity contribution in [2.45, 2.75) is 50.6 Å². The first kappa shape index (κ1) is 19.6. The van der Waals surface area contributed by atoms with Crippen LogP contribution >= 0.6 is 0 Å². The lowest BCUT2D eigenvalue weighted by molar-refractivity contribution is -0.135. The average molecular weight is 390 g/mol. The maximum atomic E-state index is 13.8. The smallest absolute Gasteiger partial charge is 0.224 e. The molecule has 1 aromatic carbocycles. The molecule has 0 bridgehead atoms. The van der Waals surface area contributed by atoms with Crippen molar-refractivity contribution in [2.24, 2.45) is 0 Å². The Labute approximate surface area is 167 Å². The molecule has 0 N–H and O–H groups in total. The van der Waals surface area contributed by atoms with Gasteiger partial charge in [0.15, 0.2) is 0 Å². The number of nitrogens with zero attached hydrogens (tertiary/aromatic N) is 3. The fourth-order valence-corrected chi connectivity index (χ4v) is 5.44. The monoisotopic (exact) mass is 389 g/mol. The van der Waals surface area contributed by atoms with Crippen LogP contribution in [0.3, 0.4) is 0 Å². The Morgan fingerprint density at radius 2 is 2.00 bits per heavy atom. The van der Waals surface area contributed by atoms with Gasteiger partial charge in [0.05, 0.1) is 18.8 Å². The zero-order valence-corrected chi connectivity index (χ0v) is 17.1. The van der Waals surface area contributed by atoms with Crippen LogP contribution in [0.4, 0.5) is 10.1 Å². The van der Waals surface area contributed by atoms with Gasteiger partial charge in [-0.25, -0.2) is 4.39 Å². The first-order valence-electron chi connectivity index (χ1n) is 10.5. The molecule has 3 aliphatic heterocycles. The first-order valence-corrected chi connectivity index (χ1v) is 10.5. The highest BCUT2D eigenvalue weighted by molar-refractivity contribution is 5.78. The Bertz CT molecular complexity index is 719. The summed E-state index contributed by atoms with van der Waals surface area (Å²) in [4.78, 5) is 19.9. The standard InChI is InChI=1S/C22H32FN3O2/c1-21(2)16-22(17-26(21)19-6-3-5-18(23)15-19)8-4-9-25(22)20(27)7-10-24-11-13-28-14-12-24/h3,5-6,15H,4,7-14,16-17H2,1-2H3. The van der Waals surface area contributed by atoms with Crippen LogP contribution < -0.4 is 4.90 Å². The Balaban J connectivity index is 1.47. The van der Waals surface area contributed by atoms with E-state index in [2.05, 4.69) is 28.5 Å². The quantitative estimate of drug-likeness (QED) is 0.793. The van der Waals surface area contributed by atoms with Crippen LogP contribution in [0.1, 0.15) is 39.5 Å². The number of ether oxygens (including phenoxy) is 1. The molecule has 3 heterocycles. The van der Waals surface area contributed by atoms with Gasteiger partial charge >= 0.3 is 0 Å². The number of hydrogen-bond donors (Lipinski definition) is 0. The van der Waals surface area contributed by atoms with Gasteiger partial charge < -0.3 is 14.5 Å². The fourth-order valence-electron chi connectivity index (χ4n) is 5.44. The molecule has 1 atom stereocenters. The SMILES string of the molecule is CC1(C)CC2(CCCN2C(=O)CCN2CCOCC2)CN1c1cccc(F)c1. The number of carbonyl (C=O) groups excluding carboxylic acids is 1. The molecule has 4 rings (SSSR count). The third kappa shape index (κ3) is 3.77. The van der Waals surface area contributed by atoms with Gasteiger partial charge in [0.25, 0.3) is 0 Å². The molecule has 3 aliphatic rings. The summed E-state index contributed by atoms with van der Waals surface area (Å²) in [5.41, 5.74) is 0.674. The maximum absolute atomic E-state index is 13.8. The largest absolute Gasteiger partial charge is 0.379 e. The van der Waals surface area contributed by atoms with E-state index in [1.54, 1.807) is 12.1 Å². The van der Waals surface area contributed by atoms with Gasteiger partial charge in [0.2, 0.25) is 5.91 Å². The molecule has 5 nitrogen and oxygen atoms in total. The minimum Gasteiger partial charge on any atom is -0.379 e. The van der Waals surface area contributed by atoms with E-state index >= 15 is 0 Å². The number of morpholine rings is 1. The zero-order chi connectivity index (χ0) is 19.8. The van der Waals surface area contributed by atoms with Gasteiger partial charge in [-0.1, -0.05) is 6.07 Å². The van der Waals surface area contributed by atoms with Gasteiger partial charge in [0, 0.05) is 50.4 Å². The van der Waals surface area contributed by atoms with Crippen LogP contribution in [-0.2, 0) is 9.53 Å². The summed E-state index contributed by atoms with van der Waals surface area (Å²) in [5, 5.41) is 0.